The van der Waals surface area contributed by atoms with E-state index in [1.165, 1.54) is 35.2 Å². The van der Waals surface area contributed by atoms with Crippen LogP contribution >= 0.6 is 45.3 Å². The molecule has 0 aromatic carbocycles. The standard InChI is InChI=1S/C26H22N2O2S4/c1-11-7-8-15(31-11)20-18-19(26(30)27(20)5)21(28(6)25(18)29)16-9-10-17(33-16)22-13(3)24-23(34-22)12(2)14(4)32-24/h7-10H,1-6H3. The van der Waals surface area contributed by atoms with Gasteiger partial charge in [-0.2, -0.15) is 0 Å². The van der Waals surface area contributed by atoms with Gasteiger partial charge in [0.05, 0.1) is 32.3 Å². The fourth-order valence-electron chi connectivity index (χ4n) is 4.75. The maximum Gasteiger partial charge on any atom is 0.261 e. The number of nitrogens with zero attached hydrogens (tertiary/aromatic N) is 2. The summed E-state index contributed by atoms with van der Waals surface area (Å²) in [7, 11) is 3.54. The van der Waals surface area contributed by atoms with Crippen LogP contribution in [0.15, 0.2) is 35.4 Å². The van der Waals surface area contributed by atoms with Crippen LogP contribution in [0.4, 0.5) is 0 Å². The molecule has 172 valence electrons. The fourth-order valence-corrected chi connectivity index (χ4v) is 9.66. The van der Waals surface area contributed by atoms with Crippen LogP contribution in [0.3, 0.4) is 0 Å². The van der Waals surface area contributed by atoms with E-state index in [2.05, 4.69) is 32.9 Å². The van der Waals surface area contributed by atoms with Gasteiger partial charge in [-0.1, -0.05) is 0 Å². The van der Waals surface area contributed by atoms with Gasteiger partial charge in [0, 0.05) is 43.0 Å². The van der Waals surface area contributed by atoms with Gasteiger partial charge in [-0.15, -0.1) is 45.3 Å². The maximum absolute atomic E-state index is 13.4. The summed E-state index contributed by atoms with van der Waals surface area (Å²) in [5.74, 6) is -0.227. The predicted octanol–water partition coefficient (Wildman–Crippen LogP) is 7.05. The van der Waals surface area contributed by atoms with Crippen LogP contribution in [0.1, 0.15) is 30.6 Å². The Kier molecular flexibility index (Phi) is 4.84. The zero-order valence-corrected chi connectivity index (χ0v) is 22.9. The molecule has 0 N–H and O–H groups in total. The molecule has 4 aromatic rings. The Labute approximate surface area is 214 Å². The second kappa shape index (κ2) is 7.49. The Hall–Kier alpha value is -2.52. The van der Waals surface area contributed by atoms with E-state index in [0.29, 0.717) is 11.1 Å². The van der Waals surface area contributed by atoms with Gasteiger partial charge in [-0.3, -0.25) is 9.59 Å². The van der Waals surface area contributed by atoms with E-state index in [1.54, 1.807) is 46.6 Å². The van der Waals surface area contributed by atoms with Gasteiger partial charge >= 0.3 is 0 Å². The van der Waals surface area contributed by atoms with Crippen LogP contribution in [0.2, 0.25) is 0 Å². The molecule has 6 heterocycles. The molecular weight excluding hydrogens is 501 g/mol. The summed E-state index contributed by atoms with van der Waals surface area (Å²) >= 11 is 6.97. The average molecular weight is 523 g/mol. The van der Waals surface area contributed by atoms with Crippen LogP contribution < -0.4 is 0 Å². The van der Waals surface area contributed by atoms with Gasteiger partial charge in [0.15, 0.2) is 0 Å². The summed E-state index contributed by atoms with van der Waals surface area (Å²) < 4.78 is 2.74. The number of thiophene rings is 4. The molecule has 0 fully saturated rings. The van der Waals surface area contributed by atoms with Crippen LogP contribution in [-0.4, -0.2) is 35.7 Å². The third kappa shape index (κ3) is 2.86. The first kappa shape index (κ1) is 22.0. The highest BCUT2D eigenvalue weighted by Gasteiger charge is 2.47. The Bertz CT molecular complexity index is 1620. The third-order valence-corrected chi connectivity index (χ3v) is 11.8. The average Bonchev–Trinajstić information content (AvgIpc) is 3.62. The molecule has 4 aromatic heterocycles. The van der Waals surface area contributed by atoms with Gasteiger partial charge < -0.3 is 9.80 Å². The van der Waals surface area contributed by atoms with Crippen molar-refractivity contribution in [2.75, 3.05) is 14.1 Å². The highest BCUT2D eigenvalue weighted by Crippen LogP contribution is 2.50. The Balaban J connectivity index is 1.50. The summed E-state index contributed by atoms with van der Waals surface area (Å²) in [5.41, 5.74) is 5.19. The van der Waals surface area contributed by atoms with Gasteiger partial charge in [0.1, 0.15) is 0 Å². The monoisotopic (exact) mass is 522 g/mol. The van der Waals surface area contributed by atoms with Crippen molar-refractivity contribution in [3.63, 3.8) is 0 Å². The smallest absolute Gasteiger partial charge is 0.261 e. The lowest BCUT2D eigenvalue weighted by Gasteiger charge is -2.18. The first-order valence-electron chi connectivity index (χ1n) is 10.9. The van der Waals surface area contributed by atoms with E-state index in [-0.39, 0.29) is 11.8 Å². The molecule has 0 radical (unpaired) electrons. The van der Waals surface area contributed by atoms with Crippen molar-refractivity contribution in [2.45, 2.75) is 27.7 Å². The maximum atomic E-state index is 13.4. The Morgan fingerprint density at radius 1 is 0.618 bits per heavy atom. The van der Waals surface area contributed by atoms with Crippen molar-refractivity contribution in [3.05, 3.63) is 66.0 Å². The van der Waals surface area contributed by atoms with Crippen LogP contribution in [0.5, 0.6) is 0 Å². The molecule has 0 atom stereocenters. The topological polar surface area (TPSA) is 40.6 Å². The lowest BCUT2D eigenvalue weighted by Crippen LogP contribution is -2.24. The number of likely N-dealkylation sites (N-methyl/N-ethyl adjacent to an activating group) is 2. The minimum absolute atomic E-state index is 0.113. The molecule has 0 saturated heterocycles. The first-order valence-corrected chi connectivity index (χ1v) is 14.2. The number of carbonyl (C=O) groups is 2. The highest BCUT2D eigenvalue weighted by atomic mass is 32.1. The quantitative estimate of drug-likeness (QED) is 0.289. The van der Waals surface area contributed by atoms with Gasteiger partial charge in [0.2, 0.25) is 0 Å². The molecule has 34 heavy (non-hydrogen) atoms. The number of rotatable bonds is 3. The van der Waals surface area contributed by atoms with Gasteiger partial charge in [-0.25, -0.2) is 0 Å². The zero-order valence-electron chi connectivity index (χ0n) is 19.7. The van der Waals surface area contributed by atoms with Gasteiger partial charge in [-0.05, 0) is 63.1 Å². The second-order valence-corrected chi connectivity index (χ2v) is 13.4. The molecule has 2 aliphatic heterocycles. The lowest BCUT2D eigenvalue weighted by atomic mass is 10.1. The molecule has 0 unspecified atom stereocenters. The van der Waals surface area contributed by atoms with Crippen molar-refractivity contribution in [1.29, 1.82) is 0 Å². The van der Waals surface area contributed by atoms with E-state index >= 15 is 0 Å². The summed E-state index contributed by atoms with van der Waals surface area (Å²) in [5, 5.41) is 0. The molecule has 2 aliphatic rings. The van der Waals surface area contributed by atoms with Crippen LogP contribution in [0, 0.1) is 27.7 Å². The highest BCUT2D eigenvalue weighted by molar-refractivity contribution is 7.32. The summed E-state index contributed by atoms with van der Waals surface area (Å²) in [6, 6.07) is 8.21. The molecule has 0 spiro atoms. The van der Waals surface area contributed by atoms with E-state index < -0.39 is 0 Å². The zero-order chi connectivity index (χ0) is 24.0. The van der Waals surface area contributed by atoms with Gasteiger partial charge in [0.25, 0.3) is 11.8 Å². The minimum atomic E-state index is -0.113. The van der Waals surface area contributed by atoms with Crippen molar-refractivity contribution < 1.29 is 9.59 Å². The Morgan fingerprint density at radius 3 is 1.71 bits per heavy atom. The molecule has 0 aliphatic carbocycles. The van der Waals surface area contributed by atoms with Crippen LogP contribution in [-0.2, 0) is 9.59 Å². The van der Waals surface area contributed by atoms with Crippen molar-refractivity contribution >= 4 is 78.0 Å². The summed E-state index contributed by atoms with van der Waals surface area (Å²) in [6.07, 6.45) is 0. The molecular formula is C26H22N2O2S4. The van der Waals surface area contributed by atoms with E-state index in [0.717, 1.165) is 26.0 Å². The van der Waals surface area contributed by atoms with Crippen molar-refractivity contribution in [3.8, 4) is 9.75 Å². The first-order chi connectivity index (χ1) is 16.2. The minimum Gasteiger partial charge on any atom is -0.309 e. The van der Waals surface area contributed by atoms with Crippen LogP contribution in [0.25, 0.3) is 30.5 Å². The molecule has 4 nitrogen and oxygen atoms in total. The summed E-state index contributed by atoms with van der Waals surface area (Å²) in [4.78, 5) is 37.0. The Morgan fingerprint density at radius 2 is 1.15 bits per heavy atom. The fraction of sp³-hybridized carbons (Fsp3) is 0.231. The molecule has 6 rings (SSSR count). The summed E-state index contributed by atoms with van der Waals surface area (Å²) in [6.45, 7) is 8.61. The number of amides is 2. The normalized spacial score (nSPS) is 16.3. The number of aryl methyl sites for hydroxylation is 4. The van der Waals surface area contributed by atoms with E-state index in [4.69, 9.17) is 0 Å². The third-order valence-electron chi connectivity index (χ3n) is 6.68. The number of hydrogen-bond donors (Lipinski definition) is 0. The number of hydrogen-bond acceptors (Lipinski definition) is 6. The predicted molar refractivity (Wildman–Crippen MR) is 146 cm³/mol. The number of fused-ring (bicyclic) bond motifs is 2. The second-order valence-electron chi connectivity index (χ2n) is 8.75. The molecule has 0 saturated carbocycles. The lowest BCUT2D eigenvalue weighted by molar-refractivity contribution is -0.123. The SMILES string of the molecule is Cc1ccc(C2=C3C(=O)N(C)C(c4ccc(-c5sc6c(C)c(C)sc6c5C)s4)=C3C(=O)N2C)s1. The number of carbonyl (C=O) groups excluding carboxylic acids is 2. The largest absolute Gasteiger partial charge is 0.309 e. The molecule has 0 bridgehead atoms. The van der Waals surface area contributed by atoms with E-state index in [1.807, 2.05) is 41.7 Å². The molecule has 2 amide bonds. The van der Waals surface area contributed by atoms with Crippen molar-refractivity contribution in [2.24, 2.45) is 0 Å². The van der Waals surface area contributed by atoms with Crippen molar-refractivity contribution in [1.82, 2.24) is 9.80 Å². The van der Waals surface area contributed by atoms with E-state index in [9.17, 15) is 9.59 Å². The molecule has 8 heteroatoms.